The van der Waals surface area contributed by atoms with Crippen molar-refractivity contribution in [3.8, 4) is 22.9 Å². The highest BCUT2D eigenvalue weighted by atomic mass is 35.5. The number of nitrogens with zero attached hydrogens (tertiary/aromatic N) is 4. The first-order valence-electron chi connectivity index (χ1n) is 14.3. The smallest absolute Gasteiger partial charge is 0.319 e. The molecule has 0 unspecified atom stereocenters. The summed E-state index contributed by atoms with van der Waals surface area (Å²) in [5.41, 5.74) is -0.930. The molecule has 3 saturated heterocycles. The number of aromatic nitrogens is 2. The molecule has 42 heavy (non-hydrogen) atoms. The molecule has 0 aliphatic carbocycles. The van der Waals surface area contributed by atoms with Gasteiger partial charge in [-0.15, -0.1) is 0 Å². The van der Waals surface area contributed by atoms with Gasteiger partial charge < -0.3 is 19.8 Å². The minimum Gasteiger partial charge on any atom is -0.508 e. The molecule has 3 aliphatic heterocycles. The van der Waals surface area contributed by atoms with Gasteiger partial charge in [0.25, 0.3) is 0 Å². The zero-order valence-electron chi connectivity index (χ0n) is 22.8. The molecule has 0 saturated carbocycles. The number of phenols is 1. The molecule has 220 valence electrons. The molecule has 0 spiro atoms. The van der Waals surface area contributed by atoms with Crippen LogP contribution in [0.3, 0.4) is 0 Å². The zero-order valence-corrected chi connectivity index (χ0v) is 23.5. The van der Waals surface area contributed by atoms with Crippen LogP contribution in [0, 0.1) is 11.6 Å². The van der Waals surface area contributed by atoms with Crippen LogP contribution in [0.4, 0.5) is 19.0 Å². The maximum Gasteiger partial charge on any atom is 0.319 e. The van der Waals surface area contributed by atoms with Crippen molar-refractivity contribution in [1.82, 2.24) is 14.9 Å². The molecule has 3 aliphatic rings. The van der Waals surface area contributed by atoms with Crippen LogP contribution < -0.4 is 9.64 Å². The average molecular weight is 599 g/mol. The SMILES string of the molecule is Oc1cc(-c2c(F)cc3c(N4CCC[C@@H](O)C4)nc(OC[C@@]45CCCN4C[C@H](F)C5)nc3c2F)c2c(Cl)cccc2c1. The van der Waals surface area contributed by atoms with Gasteiger partial charge in [0, 0.05) is 47.4 Å². The first-order valence-corrected chi connectivity index (χ1v) is 14.7. The van der Waals surface area contributed by atoms with E-state index in [0.29, 0.717) is 43.1 Å². The van der Waals surface area contributed by atoms with E-state index in [1.54, 1.807) is 23.1 Å². The fourth-order valence-corrected chi connectivity index (χ4v) is 7.35. The standard InChI is InChI=1S/C31H30ClF3N4O3/c32-23-6-1-4-17-10-20(41)11-21(25(17)23)26-24(34)12-22-28(27(26)35)36-30(37-29(22)38-8-2-5-19(40)15-38)42-16-31-7-3-9-39(31)14-18(33)13-31/h1,4,6,10-12,18-19,40-41H,2-3,5,7-9,13-16H2/t18-,19-,31+/m1/s1. The summed E-state index contributed by atoms with van der Waals surface area (Å²) in [5.74, 6) is -1.74. The molecule has 7 rings (SSSR count). The number of halogens is 4. The summed E-state index contributed by atoms with van der Waals surface area (Å²) >= 11 is 6.48. The Morgan fingerprint density at radius 1 is 1.10 bits per heavy atom. The minimum atomic E-state index is -0.951. The molecule has 3 atom stereocenters. The van der Waals surface area contributed by atoms with Gasteiger partial charge >= 0.3 is 6.01 Å². The molecule has 0 radical (unpaired) electrons. The average Bonchev–Trinajstić information content (AvgIpc) is 3.47. The maximum atomic E-state index is 16.6. The molecule has 11 heteroatoms. The van der Waals surface area contributed by atoms with E-state index in [0.717, 1.165) is 19.4 Å². The summed E-state index contributed by atoms with van der Waals surface area (Å²) in [6.45, 7) is 2.06. The van der Waals surface area contributed by atoms with Crippen molar-refractivity contribution in [3.05, 3.63) is 53.1 Å². The number of aromatic hydroxyl groups is 1. The summed E-state index contributed by atoms with van der Waals surface area (Å²) < 4.78 is 53.0. The molecular weight excluding hydrogens is 569 g/mol. The van der Waals surface area contributed by atoms with Crippen molar-refractivity contribution in [2.45, 2.75) is 49.9 Å². The Labute approximate surface area is 245 Å². The Morgan fingerprint density at radius 3 is 2.79 bits per heavy atom. The summed E-state index contributed by atoms with van der Waals surface area (Å²) in [6, 6.07) is 8.85. The van der Waals surface area contributed by atoms with E-state index < -0.39 is 29.4 Å². The summed E-state index contributed by atoms with van der Waals surface area (Å²) in [5, 5.41) is 22.1. The quantitative estimate of drug-likeness (QED) is 0.291. The van der Waals surface area contributed by atoms with Crippen LogP contribution in [0.1, 0.15) is 32.1 Å². The molecule has 3 aromatic carbocycles. The lowest BCUT2D eigenvalue weighted by Gasteiger charge is -2.33. The van der Waals surface area contributed by atoms with Gasteiger partial charge in [0.2, 0.25) is 0 Å². The summed E-state index contributed by atoms with van der Waals surface area (Å²) in [4.78, 5) is 12.9. The second-order valence-electron chi connectivity index (χ2n) is 11.7. The van der Waals surface area contributed by atoms with Gasteiger partial charge in [0.05, 0.1) is 17.2 Å². The first-order chi connectivity index (χ1) is 20.2. The maximum absolute atomic E-state index is 16.6. The van der Waals surface area contributed by atoms with E-state index in [1.165, 1.54) is 18.2 Å². The van der Waals surface area contributed by atoms with Crippen LogP contribution in [-0.4, -0.2) is 75.7 Å². The molecule has 0 amide bonds. The lowest BCUT2D eigenvalue weighted by molar-refractivity contribution is 0.107. The Morgan fingerprint density at radius 2 is 1.95 bits per heavy atom. The fraction of sp³-hybridized carbons (Fsp3) is 0.419. The molecule has 7 nitrogen and oxygen atoms in total. The van der Waals surface area contributed by atoms with Crippen LogP contribution in [-0.2, 0) is 0 Å². The number of aliphatic hydroxyl groups excluding tert-OH is 1. The highest BCUT2D eigenvalue weighted by molar-refractivity contribution is 6.36. The van der Waals surface area contributed by atoms with Crippen LogP contribution >= 0.6 is 11.6 Å². The third kappa shape index (κ3) is 4.60. The highest BCUT2D eigenvalue weighted by Crippen LogP contribution is 2.43. The van der Waals surface area contributed by atoms with Crippen molar-refractivity contribution < 1.29 is 28.1 Å². The number of aliphatic hydroxyl groups is 1. The van der Waals surface area contributed by atoms with E-state index >= 15 is 8.78 Å². The third-order valence-electron chi connectivity index (χ3n) is 8.95. The molecule has 3 fully saturated rings. The van der Waals surface area contributed by atoms with E-state index in [-0.39, 0.29) is 57.8 Å². The lowest BCUT2D eigenvalue weighted by atomic mass is 9.95. The van der Waals surface area contributed by atoms with Gasteiger partial charge in [-0.25, -0.2) is 13.2 Å². The highest BCUT2D eigenvalue weighted by Gasteiger charge is 2.49. The van der Waals surface area contributed by atoms with Crippen molar-refractivity contribution in [2.75, 3.05) is 37.7 Å². The van der Waals surface area contributed by atoms with Crippen LogP contribution in [0.2, 0.25) is 5.02 Å². The summed E-state index contributed by atoms with van der Waals surface area (Å²) in [6.07, 6.45) is 1.79. The van der Waals surface area contributed by atoms with Gasteiger partial charge in [0.15, 0.2) is 5.82 Å². The normalized spacial score (nSPS) is 24.5. The van der Waals surface area contributed by atoms with Crippen molar-refractivity contribution >= 4 is 39.1 Å². The topological polar surface area (TPSA) is 82.0 Å². The number of ether oxygens (including phenoxy) is 1. The van der Waals surface area contributed by atoms with E-state index in [2.05, 4.69) is 14.9 Å². The Balaban J connectivity index is 1.39. The van der Waals surface area contributed by atoms with Gasteiger partial charge in [-0.2, -0.15) is 9.97 Å². The molecule has 0 bridgehead atoms. The second kappa shape index (κ2) is 10.4. The Kier molecular flexibility index (Phi) is 6.83. The summed E-state index contributed by atoms with van der Waals surface area (Å²) in [7, 11) is 0. The second-order valence-corrected chi connectivity index (χ2v) is 12.1. The predicted molar refractivity (Wildman–Crippen MR) is 155 cm³/mol. The number of phenolic OH excluding ortho intramolecular Hbond substituents is 1. The minimum absolute atomic E-state index is 0.0870. The number of piperidine rings is 1. The number of anilines is 1. The zero-order chi connectivity index (χ0) is 29.2. The lowest BCUT2D eigenvalue weighted by Crippen LogP contribution is -2.43. The van der Waals surface area contributed by atoms with Gasteiger partial charge in [-0.1, -0.05) is 23.7 Å². The molecule has 4 aromatic rings. The predicted octanol–water partition coefficient (Wildman–Crippen LogP) is 6.00. The number of fused-ring (bicyclic) bond motifs is 3. The Hall–Kier alpha value is -3.34. The van der Waals surface area contributed by atoms with E-state index in [4.69, 9.17) is 16.3 Å². The van der Waals surface area contributed by atoms with E-state index in [1.807, 2.05) is 0 Å². The number of β-amino-alcohol motifs (C(OH)–C–C–N with tert-alkyl or cyclic N) is 1. The fourth-order valence-electron chi connectivity index (χ4n) is 7.07. The van der Waals surface area contributed by atoms with E-state index in [9.17, 15) is 14.6 Å². The number of benzene rings is 3. The molecule has 2 N–H and O–H groups in total. The third-order valence-corrected chi connectivity index (χ3v) is 9.26. The van der Waals surface area contributed by atoms with Crippen LogP contribution in [0.5, 0.6) is 11.8 Å². The van der Waals surface area contributed by atoms with Gasteiger partial charge in [-0.05, 0) is 61.9 Å². The molecule has 1 aromatic heterocycles. The van der Waals surface area contributed by atoms with Crippen molar-refractivity contribution in [2.24, 2.45) is 0 Å². The first kappa shape index (κ1) is 27.5. The molecular formula is C31H30ClF3N4O3. The number of alkyl halides is 1. The monoisotopic (exact) mass is 598 g/mol. The van der Waals surface area contributed by atoms with Gasteiger partial charge in [-0.3, -0.25) is 4.90 Å². The van der Waals surface area contributed by atoms with Crippen LogP contribution in [0.15, 0.2) is 36.4 Å². The van der Waals surface area contributed by atoms with Gasteiger partial charge in [0.1, 0.15) is 35.7 Å². The number of hydrogen-bond donors (Lipinski definition) is 2. The number of rotatable bonds is 5. The number of hydrogen-bond acceptors (Lipinski definition) is 7. The van der Waals surface area contributed by atoms with Crippen LogP contribution in [0.25, 0.3) is 32.8 Å². The van der Waals surface area contributed by atoms with Crippen molar-refractivity contribution in [1.29, 1.82) is 0 Å². The molecule has 4 heterocycles. The van der Waals surface area contributed by atoms with Crippen molar-refractivity contribution in [3.63, 3.8) is 0 Å². The Bertz CT molecular complexity index is 1710. The largest absolute Gasteiger partial charge is 0.508 e.